The van der Waals surface area contributed by atoms with E-state index in [1.54, 1.807) is 25.3 Å². The quantitative estimate of drug-likeness (QED) is 0.255. The van der Waals surface area contributed by atoms with E-state index in [1.165, 1.54) is 0 Å². The Morgan fingerprint density at radius 1 is 1.38 bits per heavy atom. The largest absolute Gasteiger partial charge is 0.466 e. The first-order valence-corrected chi connectivity index (χ1v) is 8.94. The van der Waals surface area contributed by atoms with Crippen LogP contribution in [0.25, 0.3) is 0 Å². The van der Waals surface area contributed by atoms with Crippen LogP contribution in [0.4, 0.5) is 0 Å². The summed E-state index contributed by atoms with van der Waals surface area (Å²) < 4.78 is 11.1. The maximum absolute atomic E-state index is 10.5. The molecule has 0 aliphatic carbocycles. The van der Waals surface area contributed by atoms with Crippen LogP contribution in [0.2, 0.25) is 0 Å². The van der Waals surface area contributed by atoms with Crippen LogP contribution in [0.3, 0.4) is 0 Å². The molecule has 0 fully saturated rings. The fourth-order valence-electron chi connectivity index (χ4n) is 2.33. The second-order valence-electron chi connectivity index (χ2n) is 6.50. The summed E-state index contributed by atoms with van der Waals surface area (Å²) >= 11 is 0. The molecule has 0 spiro atoms. The molecule has 1 rings (SSSR count). The number of furan rings is 1. The van der Waals surface area contributed by atoms with Crippen molar-refractivity contribution >= 4 is 29.9 Å². The SMILES string of the molecule is CCNC(=NCC(C)(O)c1ccco1)NCC(CCN(C)C)OCC.I. The molecule has 0 bridgehead atoms. The van der Waals surface area contributed by atoms with Gasteiger partial charge in [-0.3, -0.25) is 0 Å². The topological polar surface area (TPSA) is 82.3 Å². The molecule has 3 N–H and O–H groups in total. The van der Waals surface area contributed by atoms with E-state index in [0.717, 1.165) is 19.5 Å². The van der Waals surface area contributed by atoms with Crippen molar-refractivity contribution in [3.8, 4) is 0 Å². The molecular formula is C18H35IN4O3. The summed E-state index contributed by atoms with van der Waals surface area (Å²) in [4.78, 5) is 6.63. The van der Waals surface area contributed by atoms with Crippen LogP contribution in [0.5, 0.6) is 0 Å². The Bertz CT molecular complexity index is 493. The Hall–Kier alpha value is -0.840. The van der Waals surface area contributed by atoms with Gasteiger partial charge in [0.1, 0.15) is 11.4 Å². The summed E-state index contributed by atoms with van der Waals surface area (Å²) in [6.45, 7) is 8.96. The summed E-state index contributed by atoms with van der Waals surface area (Å²) in [5, 5.41) is 17.0. The smallest absolute Gasteiger partial charge is 0.191 e. The number of guanidine groups is 1. The number of ether oxygens (including phenoxy) is 1. The Kier molecular flexibility index (Phi) is 12.9. The fraction of sp³-hybridized carbons (Fsp3) is 0.722. The average molecular weight is 482 g/mol. The molecule has 26 heavy (non-hydrogen) atoms. The zero-order chi connectivity index (χ0) is 18.7. The van der Waals surface area contributed by atoms with Gasteiger partial charge in [-0.25, -0.2) is 4.99 Å². The van der Waals surface area contributed by atoms with Gasteiger partial charge in [0.05, 0.1) is 18.9 Å². The van der Waals surface area contributed by atoms with Crippen molar-refractivity contribution in [3.05, 3.63) is 24.2 Å². The minimum absolute atomic E-state index is 0. The van der Waals surface area contributed by atoms with Gasteiger partial charge < -0.3 is 29.8 Å². The third-order valence-electron chi connectivity index (χ3n) is 3.74. The molecule has 2 unspecified atom stereocenters. The Labute approximate surface area is 174 Å². The number of nitrogens with zero attached hydrogens (tertiary/aromatic N) is 2. The lowest BCUT2D eigenvalue weighted by Crippen LogP contribution is -2.43. The molecule has 2 atom stereocenters. The van der Waals surface area contributed by atoms with Crippen LogP contribution in [0.1, 0.15) is 33.0 Å². The molecule has 152 valence electrons. The van der Waals surface area contributed by atoms with Gasteiger partial charge in [-0.05, 0) is 53.4 Å². The highest BCUT2D eigenvalue weighted by Crippen LogP contribution is 2.20. The standard InChI is InChI=1S/C18H34N4O3.HI/c1-6-19-17(20-13-15(24-7-2)10-11-22(4)5)21-14-18(3,23)16-9-8-12-25-16;/h8-9,12,15,23H,6-7,10-11,13-14H2,1-5H3,(H2,19,20,21);1H. The maximum Gasteiger partial charge on any atom is 0.191 e. The number of rotatable bonds is 11. The van der Waals surface area contributed by atoms with E-state index >= 15 is 0 Å². The number of nitrogens with one attached hydrogen (secondary N) is 2. The molecule has 0 aromatic carbocycles. The van der Waals surface area contributed by atoms with Gasteiger partial charge >= 0.3 is 0 Å². The van der Waals surface area contributed by atoms with Crippen molar-refractivity contribution in [3.63, 3.8) is 0 Å². The summed E-state index contributed by atoms with van der Waals surface area (Å²) in [6, 6.07) is 3.51. The molecule has 0 aliphatic heterocycles. The van der Waals surface area contributed by atoms with Gasteiger partial charge in [0.2, 0.25) is 0 Å². The first kappa shape index (κ1) is 25.2. The van der Waals surface area contributed by atoms with E-state index in [1.807, 2.05) is 13.8 Å². The second kappa shape index (κ2) is 13.3. The predicted molar refractivity (Wildman–Crippen MR) is 116 cm³/mol. The van der Waals surface area contributed by atoms with E-state index in [2.05, 4.69) is 34.6 Å². The van der Waals surface area contributed by atoms with Crippen LogP contribution in [-0.4, -0.2) is 69.0 Å². The lowest BCUT2D eigenvalue weighted by atomic mass is 10.0. The van der Waals surface area contributed by atoms with E-state index in [4.69, 9.17) is 9.15 Å². The van der Waals surface area contributed by atoms with Gasteiger partial charge in [0.25, 0.3) is 0 Å². The van der Waals surface area contributed by atoms with Crippen molar-refractivity contribution in [2.24, 2.45) is 4.99 Å². The van der Waals surface area contributed by atoms with Crippen molar-refractivity contribution in [2.75, 3.05) is 46.9 Å². The maximum atomic E-state index is 10.5. The first-order chi connectivity index (χ1) is 11.9. The summed E-state index contributed by atoms with van der Waals surface area (Å²) in [7, 11) is 4.11. The van der Waals surface area contributed by atoms with Crippen molar-refractivity contribution in [1.82, 2.24) is 15.5 Å². The third-order valence-corrected chi connectivity index (χ3v) is 3.74. The monoisotopic (exact) mass is 482 g/mol. The molecule has 0 saturated carbocycles. The second-order valence-corrected chi connectivity index (χ2v) is 6.50. The third kappa shape index (κ3) is 9.75. The van der Waals surface area contributed by atoms with Crippen molar-refractivity contribution in [2.45, 2.75) is 38.9 Å². The van der Waals surface area contributed by atoms with Crippen LogP contribution in [0.15, 0.2) is 27.8 Å². The number of aliphatic imine (C=N–C) groups is 1. The van der Waals surface area contributed by atoms with Gasteiger partial charge in [0.15, 0.2) is 5.96 Å². The zero-order valence-electron chi connectivity index (χ0n) is 16.6. The first-order valence-electron chi connectivity index (χ1n) is 8.94. The number of hydrogen-bond acceptors (Lipinski definition) is 5. The Morgan fingerprint density at radius 2 is 2.12 bits per heavy atom. The normalized spacial score (nSPS) is 15.3. The van der Waals surface area contributed by atoms with Crippen LogP contribution >= 0.6 is 24.0 Å². The minimum atomic E-state index is -1.14. The van der Waals surface area contributed by atoms with Gasteiger partial charge in [0, 0.05) is 26.2 Å². The summed E-state index contributed by atoms with van der Waals surface area (Å²) in [5.41, 5.74) is -1.14. The van der Waals surface area contributed by atoms with E-state index in [9.17, 15) is 5.11 Å². The van der Waals surface area contributed by atoms with E-state index < -0.39 is 5.60 Å². The molecule has 8 heteroatoms. The summed E-state index contributed by atoms with van der Waals surface area (Å²) in [5.74, 6) is 1.16. The average Bonchev–Trinajstić information content (AvgIpc) is 3.10. The van der Waals surface area contributed by atoms with Crippen LogP contribution in [0, 0.1) is 0 Å². The van der Waals surface area contributed by atoms with Gasteiger partial charge in [-0.15, -0.1) is 24.0 Å². The molecule has 0 saturated heterocycles. The minimum Gasteiger partial charge on any atom is -0.466 e. The van der Waals surface area contributed by atoms with Crippen LogP contribution in [-0.2, 0) is 10.3 Å². The van der Waals surface area contributed by atoms with Crippen molar-refractivity contribution in [1.29, 1.82) is 0 Å². The molecular weight excluding hydrogens is 447 g/mol. The highest BCUT2D eigenvalue weighted by Gasteiger charge is 2.26. The fourth-order valence-corrected chi connectivity index (χ4v) is 2.33. The Morgan fingerprint density at radius 3 is 2.65 bits per heavy atom. The highest BCUT2D eigenvalue weighted by atomic mass is 127. The number of halogens is 1. The van der Waals surface area contributed by atoms with Crippen molar-refractivity contribution < 1.29 is 14.3 Å². The predicted octanol–water partition coefficient (Wildman–Crippen LogP) is 2.02. The Balaban J connectivity index is 0.00000625. The molecule has 1 aromatic heterocycles. The molecule has 7 nitrogen and oxygen atoms in total. The van der Waals surface area contributed by atoms with E-state index in [0.29, 0.717) is 24.9 Å². The molecule has 1 heterocycles. The number of aliphatic hydroxyl groups is 1. The molecule has 0 aliphatic rings. The van der Waals surface area contributed by atoms with E-state index in [-0.39, 0.29) is 36.6 Å². The lowest BCUT2D eigenvalue weighted by Gasteiger charge is -2.22. The highest BCUT2D eigenvalue weighted by molar-refractivity contribution is 14.0. The van der Waals surface area contributed by atoms with Crippen LogP contribution < -0.4 is 10.6 Å². The lowest BCUT2D eigenvalue weighted by molar-refractivity contribution is 0.0434. The number of hydrogen-bond donors (Lipinski definition) is 3. The van der Waals surface area contributed by atoms with Gasteiger partial charge in [-0.2, -0.15) is 0 Å². The summed E-state index contributed by atoms with van der Waals surface area (Å²) in [6.07, 6.45) is 2.60. The molecule has 0 radical (unpaired) electrons. The molecule has 1 aromatic rings. The zero-order valence-corrected chi connectivity index (χ0v) is 18.9. The van der Waals surface area contributed by atoms with Gasteiger partial charge in [-0.1, -0.05) is 0 Å². The molecule has 0 amide bonds.